The van der Waals surface area contributed by atoms with Crippen LogP contribution >= 0.6 is 23.4 Å². The lowest BCUT2D eigenvalue weighted by Gasteiger charge is -2.36. The number of rotatable bonds is 5. The number of nitrogens with zero attached hydrogens (tertiary/aromatic N) is 1. The fourth-order valence-electron chi connectivity index (χ4n) is 3.98. The SMILES string of the molecule is CC[C@@H](C)NC(=O)[C@@H]1CS[C@H](C2CCCCC2)N1C(=O)c1ccccc1Cl. The number of nitrogens with one attached hydrogen (secondary N) is 1. The van der Waals surface area contributed by atoms with E-state index in [0.29, 0.717) is 22.3 Å². The molecule has 6 heteroatoms. The molecule has 3 rings (SSSR count). The lowest BCUT2D eigenvalue weighted by molar-refractivity contribution is -0.125. The number of benzene rings is 1. The maximum absolute atomic E-state index is 13.4. The number of thioether (sulfide) groups is 1. The van der Waals surface area contributed by atoms with Crippen LogP contribution in [0, 0.1) is 5.92 Å². The summed E-state index contributed by atoms with van der Waals surface area (Å²) in [6.45, 7) is 4.05. The third-order valence-corrected chi connectivity index (χ3v) is 7.52. The molecule has 2 amide bonds. The van der Waals surface area contributed by atoms with E-state index in [9.17, 15) is 9.59 Å². The van der Waals surface area contributed by atoms with Gasteiger partial charge in [0.2, 0.25) is 5.91 Å². The molecule has 2 fully saturated rings. The van der Waals surface area contributed by atoms with Crippen molar-refractivity contribution in [2.45, 2.75) is 69.8 Å². The van der Waals surface area contributed by atoms with Crippen LogP contribution in [-0.4, -0.2) is 39.9 Å². The van der Waals surface area contributed by atoms with Crippen LogP contribution in [0.1, 0.15) is 62.7 Å². The molecule has 3 atom stereocenters. The molecule has 0 bridgehead atoms. The quantitative estimate of drug-likeness (QED) is 0.766. The Morgan fingerprint density at radius 3 is 2.63 bits per heavy atom. The van der Waals surface area contributed by atoms with Gasteiger partial charge >= 0.3 is 0 Å². The van der Waals surface area contributed by atoms with Gasteiger partial charge in [-0.15, -0.1) is 11.8 Å². The Labute approximate surface area is 171 Å². The van der Waals surface area contributed by atoms with Gasteiger partial charge in [0.05, 0.1) is 16.0 Å². The zero-order chi connectivity index (χ0) is 19.4. The first-order chi connectivity index (χ1) is 13.0. The van der Waals surface area contributed by atoms with Crippen LogP contribution in [0.3, 0.4) is 0 Å². The van der Waals surface area contributed by atoms with Crippen LogP contribution in [-0.2, 0) is 4.79 Å². The summed E-state index contributed by atoms with van der Waals surface area (Å²) in [6, 6.07) is 6.82. The van der Waals surface area contributed by atoms with E-state index in [1.807, 2.05) is 30.9 Å². The minimum Gasteiger partial charge on any atom is -0.352 e. The largest absolute Gasteiger partial charge is 0.352 e. The molecule has 1 aromatic rings. The Hall–Kier alpha value is -1.20. The average molecular weight is 409 g/mol. The fraction of sp³-hybridized carbons (Fsp3) is 0.619. The van der Waals surface area contributed by atoms with Crippen LogP contribution in [0.2, 0.25) is 5.02 Å². The second-order valence-corrected chi connectivity index (χ2v) is 9.20. The van der Waals surface area contributed by atoms with Crippen LogP contribution < -0.4 is 5.32 Å². The Balaban J connectivity index is 1.88. The average Bonchev–Trinajstić information content (AvgIpc) is 3.13. The molecule has 148 valence electrons. The number of hydrogen-bond donors (Lipinski definition) is 1. The maximum Gasteiger partial charge on any atom is 0.256 e. The second-order valence-electron chi connectivity index (χ2n) is 7.65. The molecule has 1 heterocycles. The number of carbonyl (C=O) groups is 2. The Morgan fingerprint density at radius 2 is 1.96 bits per heavy atom. The molecule has 1 N–H and O–H groups in total. The van der Waals surface area contributed by atoms with Gasteiger partial charge in [0.25, 0.3) is 5.91 Å². The van der Waals surface area contributed by atoms with Crippen LogP contribution in [0.5, 0.6) is 0 Å². The number of halogens is 1. The van der Waals surface area contributed by atoms with Gasteiger partial charge in [-0.05, 0) is 44.2 Å². The first-order valence-electron chi connectivity index (χ1n) is 10.0. The van der Waals surface area contributed by atoms with Gasteiger partial charge in [-0.25, -0.2) is 0 Å². The van der Waals surface area contributed by atoms with Gasteiger partial charge in [0.1, 0.15) is 6.04 Å². The van der Waals surface area contributed by atoms with E-state index < -0.39 is 6.04 Å². The van der Waals surface area contributed by atoms with Crippen molar-refractivity contribution < 1.29 is 9.59 Å². The van der Waals surface area contributed by atoms with Gasteiger partial charge in [0.15, 0.2) is 0 Å². The smallest absolute Gasteiger partial charge is 0.256 e. The highest BCUT2D eigenvalue weighted by molar-refractivity contribution is 8.00. The van der Waals surface area contributed by atoms with E-state index >= 15 is 0 Å². The zero-order valence-corrected chi connectivity index (χ0v) is 17.7. The molecule has 1 aliphatic carbocycles. The Kier molecular flexibility index (Phi) is 7.10. The van der Waals surface area contributed by atoms with Gasteiger partial charge in [-0.2, -0.15) is 0 Å². The molecule has 1 saturated carbocycles. The zero-order valence-electron chi connectivity index (χ0n) is 16.1. The summed E-state index contributed by atoms with van der Waals surface area (Å²) < 4.78 is 0. The topological polar surface area (TPSA) is 49.4 Å². The molecule has 0 spiro atoms. The minimum atomic E-state index is -0.431. The third-order valence-electron chi connectivity index (χ3n) is 5.73. The highest BCUT2D eigenvalue weighted by atomic mass is 35.5. The normalized spacial score (nSPS) is 24.6. The molecule has 0 unspecified atom stereocenters. The lowest BCUT2D eigenvalue weighted by atomic mass is 9.88. The Morgan fingerprint density at radius 1 is 1.26 bits per heavy atom. The summed E-state index contributed by atoms with van der Waals surface area (Å²) in [5.74, 6) is 0.942. The molecule has 0 aromatic heterocycles. The highest BCUT2D eigenvalue weighted by Gasteiger charge is 2.45. The predicted molar refractivity (Wildman–Crippen MR) is 112 cm³/mol. The summed E-state index contributed by atoms with van der Waals surface area (Å²) in [7, 11) is 0. The van der Waals surface area contributed by atoms with E-state index in [1.54, 1.807) is 23.9 Å². The molecule has 1 aromatic carbocycles. The van der Waals surface area contributed by atoms with Crippen molar-refractivity contribution in [3.63, 3.8) is 0 Å². The van der Waals surface area contributed by atoms with E-state index in [-0.39, 0.29) is 23.2 Å². The van der Waals surface area contributed by atoms with Gasteiger partial charge in [0, 0.05) is 11.8 Å². The minimum absolute atomic E-state index is 0.0458. The summed E-state index contributed by atoms with van der Waals surface area (Å²) in [5.41, 5.74) is 0.490. The van der Waals surface area contributed by atoms with Crippen molar-refractivity contribution in [2.75, 3.05) is 5.75 Å². The van der Waals surface area contributed by atoms with Gasteiger partial charge < -0.3 is 10.2 Å². The highest BCUT2D eigenvalue weighted by Crippen LogP contribution is 2.41. The van der Waals surface area contributed by atoms with Gasteiger partial charge in [-0.3, -0.25) is 9.59 Å². The van der Waals surface area contributed by atoms with Crippen molar-refractivity contribution in [1.82, 2.24) is 10.2 Å². The van der Waals surface area contributed by atoms with Gasteiger partial charge in [-0.1, -0.05) is 49.9 Å². The first-order valence-corrected chi connectivity index (χ1v) is 11.4. The molecular weight excluding hydrogens is 380 g/mol. The summed E-state index contributed by atoms with van der Waals surface area (Å²) >= 11 is 8.07. The molecule has 1 saturated heterocycles. The van der Waals surface area contributed by atoms with E-state index in [0.717, 1.165) is 19.3 Å². The van der Waals surface area contributed by atoms with Crippen molar-refractivity contribution in [3.05, 3.63) is 34.9 Å². The Bertz CT molecular complexity index is 678. The predicted octanol–water partition coefficient (Wildman–Crippen LogP) is 4.72. The maximum atomic E-state index is 13.4. The molecule has 2 aliphatic rings. The monoisotopic (exact) mass is 408 g/mol. The summed E-state index contributed by atoms with van der Waals surface area (Å²) in [4.78, 5) is 28.2. The second kappa shape index (κ2) is 9.33. The van der Waals surface area contributed by atoms with Crippen molar-refractivity contribution in [1.29, 1.82) is 0 Å². The number of carbonyl (C=O) groups excluding carboxylic acids is 2. The van der Waals surface area contributed by atoms with Crippen molar-refractivity contribution >= 4 is 35.2 Å². The third kappa shape index (κ3) is 4.62. The van der Waals surface area contributed by atoms with Crippen LogP contribution in [0.4, 0.5) is 0 Å². The molecule has 0 radical (unpaired) electrons. The van der Waals surface area contributed by atoms with E-state index in [2.05, 4.69) is 5.32 Å². The molecule has 4 nitrogen and oxygen atoms in total. The fourth-order valence-corrected chi connectivity index (χ4v) is 5.84. The van der Waals surface area contributed by atoms with E-state index in [1.165, 1.54) is 19.3 Å². The summed E-state index contributed by atoms with van der Waals surface area (Å²) in [6.07, 6.45) is 6.81. The van der Waals surface area contributed by atoms with Crippen molar-refractivity contribution in [3.8, 4) is 0 Å². The first kappa shape index (κ1) is 20.5. The van der Waals surface area contributed by atoms with Crippen molar-refractivity contribution in [2.24, 2.45) is 5.92 Å². The lowest BCUT2D eigenvalue weighted by Crippen LogP contribution is -2.52. The molecular formula is C21H29ClN2O2S. The van der Waals surface area contributed by atoms with E-state index in [4.69, 9.17) is 11.6 Å². The summed E-state index contributed by atoms with van der Waals surface area (Å²) in [5, 5.41) is 3.57. The van der Waals surface area contributed by atoms with Crippen LogP contribution in [0.15, 0.2) is 24.3 Å². The number of hydrogen-bond acceptors (Lipinski definition) is 3. The number of amides is 2. The molecule has 1 aliphatic heterocycles. The van der Waals surface area contributed by atoms with Crippen LogP contribution in [0.25, 0.3) is 0 Å². The molecule has 27 heavy (non-hydrogen) atoms. The standard InChI is InChI=1S/C21H29ClN2O2S/c1-3-14(2)23-19(25)18-13-27-21(15-9-5-4-6-10-15)24(18)20(26)16-11-7-8-12-17(16)22/h7-8,11-12,14-15,18,21H,3-6,9-10,13H2,1-2H3,(H,23,25)/t14-,18+,21-/m1/s1.